The van der Waals surface area contributed by atoms with E-state index in [0.29, 0.717) is 12.6 Å². The van der Waals surface area contributed by atoms with Gasteiger partial charge in [0.15, 0.2) is 0 Å². The number of nitrogens with zero attached hydrogens (tertiary/aromatic N) is 2. The molecule has 0 saturated heterocycles. The molecule has 0 bridgehead atoms. The molecule has 1 N–H and O–H groups in total. The van der Waals surface area contributed by atoms with Crippen molar-refractivity contribution < 1.29 is 4.74 Å². The number of hydrogen-bond donors (Lipinski definition) is 1. The van der Waals surface area contributed by atoms with E-state index in [2.05, 4.69) is 47.8 Å². The van der Waals surface area contributed by atoms with Crippen LogP contribution in [0, 0.1) is 0 Å². The van der Waals surface area contributed by atoms with Crippen molar-refractivity contribution >= 4 is 0 Å². The number of aryl methyl sites for hydroxylation is 1. The average molecular weight is 273 g/mol. The molecule has 1 aromatic carbocycles. The zero-order valence-corrected chi connectivity index (χ0v) is 12.5. The Balaban J connectivity index is 1.87. The Kier molecular flexibility index (Phi) is 5.18. The molecule has 0 amide bonds. The lowest BCUT2D eigenvalue weighted by Gasteiger charge is -2.10. The molecule has 1 aromatic heterocycles. The molecular weight excluding hydrogens is 250 g/mol. The van der Waals surface area contributed by atoms with Crippen LogP contribution in [0.3, 0.4) is 0 Å². The van der Waals surface area contributed by atoms with Crippen molar-refractivity contribution in [1.82, 2.24) is 14.9 Å². The fourth-order valence-electron chi connectivity index (χ4n) is 1.94. The van der Waals surface area contributed by atoms with E-state index < -0.39 is 0 Å². The normalized spacial score (nSPS) is 11.0. The van der Waals surface area contributed by atoms with Gasteiger partial charge in [0.25, 0.3) is 0 Å². The van der Waals surface area contributed by atoms with E-state index in [1.165, 1.54) is 5.56 Å². The van der Waals surface area contributed by atoms with Gasteiger partial charge in [-0.1, -0.05) is 26.0 Å². The monoisotopic (exact) mass is 273 g/mol. The molecule has 4 nitrogen and oxygen atoms in total. The smallest absolute Gasteiger partial charge is 0.130 e. The molecule has 0 spiro atoms. The van der Waals surface area contributed by atoms with E-state index in [1.54, 1.807) is 0 Å². The molecule has 0 fully saturated rings. The van der Waals surface area contributed by atoms with Gasteiger partial charge < -0.3 is 14.6 Å². The van der Waals surface area contributed by atoms with E-state index in [4.69, 9.17) is 4.74 Å². The summed E-state index contributed by atoms with van der Waals surface area (Å²) in [6.07, 6.45) is 3.68. The second kappa shape index (κ2) is 7.10. The van der Waals surface area contributed by atoms with Crippen LogP contribution in [-0.4, -0.2) is 15.6 Å². The number of nitrogens with one attached hydrogen (secondary N) is 1. The zero-order chi connectivity index (χ0) is 14.4. The maximum Gasteiger partial charge on any atom is 0.130 e. The van der Waals surface area contributed by atoms with Crippen LogP contribution in [-0.2, 0) is 19.7 Å². The Morgan fingerprint density at radius 1 is 1.25 bits per heavy atom. The molecular formula is C16H23N3O. The third kappa shape index (κ3) is 4.10. The molecule has 0 atom stereocenters. The van der Waals surface area contributed by atoms with Gasteiger partial charge >= 0.3 is 0 Å². The lowest BCUT2D eigenvalue weighted by molar-refractivity contribution is 0.295. The summed E-state index contributed by atoms with van der Waals surface area (Å²) in [4.78, 5) is 4.13. The van der Waals surface area contributed by atoms with Crippen molar-refractivity contribution in [2.24, 2.45) is 0 Å². The minimum Gasteiger partial charge on any atom is -0.487 e. The van der Waals surface area contributed by atoms with Crippen molar-refractivity contribution in [3.63, 3.8) is 0 Å². The van der Waals surface area contributed by atoms with Crippen molar-refractivity contribution in [3.8, 4) is 5.75 Å². The highest BCUT2D eigenvalue weighted by Crippen LogP contribution is 2.14. The van der Waals surface area contributed by atoms with Gasteiger partial charge in [-0.25, -0.2) is 4.98 Å². The average Bonchev–Trinajstić information content (AvgIpc) is 2.91. The number of rotatable bonds is 7. The Labute approximate surface area is 120 Å². The third-order valence-electron chi connectivity index (χ3n) is 3.16. The number of aromatic nitrogens is 2. The highest BCUT2D eigenvalue weighted by Gasteiger charge is 2.02. The second-order valence-electron chi connectivity index (χ2n) is 5.14. The van der Waals surface area contributed by atoms with Gasteiger partial charge in [0, 0.05) is 19.1 Å². The lowest BCUT2D eigenvalue weighted by Crippen LogP contribution is -2.21. The molecule has 2 aromatic rings. The van der Waals surface area contributed by atoms with Crippen molar-refractivity contribution in [2.75, 3.05) is 0 Å². The van der Waals surface area contributed by atoms with Gasteiger partial charge in [0.05, 0.1) is 18.2 Å². The summed E-state index contributed by atoms with van der Waals surface area (Å²) in [5.41, 5.74) is 2.36. The second-order valence-corrected chi connectivity index (χ2v) is 5.14. The predicted octanol–water partition coefficient (Wildman–Crippen LogP) is 2.98. The molecule has 0 aliphatic carbocycles. The molecule has 0 saturated carbocycles. The minimum atomic E-state index is 0.500. The van der Waals surface area contributed by atoms with Gasteiger partial charge in [0.2, 0.25) is 0 Å². The first-order chi connectivity index (χ1) is 9.69. The van der Waals surface area contributed by atoms with Gasteiger partial charge in [-0.3, -0.25) is 0 Å². The largest absolute Gasteiger partial charge is 0.487 e. The predicted molar refractivity (Wildman–Crippen MR) is 80.7 cm³/mol. The zero-order valence-electron chi connectivity index (χ0n) is 12.5. The SMILES string of the molecule is CCn1cncc1COc1ccc(CNC(C)C)cc1. The molecule has 0 aliphatic heterocycles. The molecule has 1 heterocycles. The first kappa shape index (κ1) is 14.6. The summed E-state index contributed by atoms with van der Waals surface area (Å²) in [6, 6.07) is 8.73. The highest BCUT2D eigenvalue weighted by atomic mass is 16.5. The van der Waals surface area contributed by atoms with Crippen molar-refractivity contribution in [3.05, 3.63) is 48.0 Å². The van der Waals surface area contributed by atoms with Crippen LogP contribution in [0.25, 0.3) is 0 Å². The third-order valence-corrected chi connectivity index (χ3v) is 3.16. The van der Waals surface area contributed by atoms with Gasteiger partial charge in [-0.2, -0.15) is 0 Å². The molecule has 20 heavy (non-hydrogen) atoms. The number of ether oxygens (including phenoxy) is 1. The standard InChI is InChI=1S/C16H23N3O/c1-4-19-12-17-10-15(19)11-20-16-7-5-14(6-8-16)9-18-13(2)3/h5-8,10,12-13,18H,4,9,11H2,1-3H3. The van der Waals surface area contributed by atoms with E-state index in [9.17, 15) is 0 Å². The van der Waals surface area contributed by atoms with Crippen molar-refractivity contribution in [1.29, 1.82) is 0 Å². The summed E-state index contributed by atoms with van der Waals surface area (Å²) in [6.45, 7) is 8.75. The first-order valence-electron chi connectivity index (χ1n) is 7.13. The molecule has 4 heteroatoms. The van der Waals surface area contributed by atoms with Crippen LogP contribution < -0.4 is 10.1 Å². The first-order valence-corrected chi connectivity index (χ1v) is 7.13. The molecule has 0 radical (unpaired) electrons. The topological polar surface area (TPSA) is 39.1 Å². The molecule has 2 rings (SSSR count). The van der Waals surface area contributed by atoms with Crippen LogP contribution in [0.1, 0.15) is 32.0 Å². The van der Waals surface area contributed by atoms with E-state index >= 15 is 0 Å². The van der Waals surface area contributed by atoms with E-state index in [1.807, 2.05) is 24.7 Å². The van der Waals surface area contributed by atoms with Gasteiger partial charge in [0.1, 0.15) is 12.4 Å². The summed E-state index contributed by atoms with van der Waals surface area (Å²) >= 11 is 0. The van der Waals surface area contributed by atoms with Crippen LogP contribution in [0.15, 0.2) is 36.8 Å². The quantitative estimate of drug-likeness (QED) is 0.843. The van der Waals surface area contributed by atoms with E-state index in [-0.39, 0.29) is 0 Å². The van der Waals surface area contributed by atoms with Crippen LogP contribution in [0.4, 0.5) is 0 Å². The Hall–Kier alpha value is -1.81. The maximum atomic E-state index is 5.79. The lowest BCUT2D eigenvalue weighted by atomic mass is 10.2. The number of benzene rings is 1. The summed E-state index contributed by atoms with van der Waals surface area (Å²) in [5, 5.41) is 3.40. The maximum absolute atomic E-state index is 5.79. The number of hydrogen-bond acceptors (Lipinski definition) is 3. The van der Waals surface area contributed by atoms with Crippen LogP contribution >= 0.6 is 0 Å². The molecule has 108 valence electrons. The van der Waals surface area contributed by atoms with Crippen LogP contribution in [0.2, 0.25) is 0 Å². The Morgan fingerprint density at radius 3 is 2.65 bits per heavy atom. The van der Waals surface area contributed by atoms with Crippen molar-refractivity contribution in [2.45, 2.75) is 46.5 Å². The summed E-state index contributed by atoms with van der Waals surface area (Å²) in [7, 11) is 0. The fraction of sp³-hybridized carbons (Fsp3) is 0.438. The van der Waals surface area contributed by atoms with E-state index in [0.717, 1.165) is 24.5 Å². The highest BCUT2D eigenvalue weighted by molar-refractivity contribution is 5.27. The minimum absolute atomic E-state index is 0.500. The Morgan fingerprint density at radius 2 is 2.00 bits per heavy atom. The summed E-state index contributed by atoms with van der Waals surface area (Å²) in [5.74, 6) is 0.891. The molecule has 0 aliphatic rings. The molecule has 0 unspecified atom stereocenters. The summed E-state index contributed by atoms with van der Waals surface area (Å²) < 4.78 is 7.88. The number of imidazole rings is 1. The van der Waals surface area contributed by atoms with Gasteiger partial charge in [-0.05, 0) is 24.6 Å². The van der Waals surface area contributed by atoms with Crippen LogP contribution in [0.5, 0.6) is 5.75 Å². The fourth-order valence-corrected chi connectivity index (χ4v) is 1.94. The Bertz CT molecular complexity index is 517. The van der Waals surface area contributed by atoms with Gasteiger partial charge in [-0.15, -0.1) is 0 Å².